The summed E-state index contributed by atoms with van der Waals surface area (Å²) < 4.78 is 34.9. The molecule has 0 saturated carbocycles. The highest BCUT2D eigenvalue weighted by Crippen LogP contribution is 2.33. The number of anilines is 4. The predicted molar refractivity (Wildman–Crippen MR) is 145 cm³/mol. The lowest BCUT2D eigenvalue weighted by Crippen LogP contribution is -2.32. The first-order chi connectivity index (χ1) is 17.6. The zero-order valence-corrected chi connectivity index (χ0v) is 21.8. The van der Waals surface area contributed by atoms with Crippen molar-refractivity contribution in [3.05, 3.63) is 71.2 Å². The minimum Gasteiger partial charge on any atom is -0.497 e. The molecule has 5 N–H and O–H groups in total. The Hall–Kier alpha value is -4.09. The largest absolute Gasteiger partial charge is 0.497 e. The second-order valence-corrected chi connectivity index (χ2v) is 10.3. The fraction of sp³-hybridized carbons (Fsp3) is 0.160. The van der Waals surface area contributed by atoms with E-state index < -0.39 is 22.0 Å². The lowest BCUT2D eigenvalue weighted by atomic mass is 10.2. The lowest BCUT2D eigenvalue weighted by molar-refractivity contribution is -0.118. The van der Waals surface area contributed by atoms with Crippen molar-refractivity contribution in [3.63, 3.8) is 0 Å². The first-order valence-corrected chi connectivity index (χ1v) is 13.0. The summed E-state index contributed by atoms with van der Waals surface area (Å²) in [7, 11) is -2.61. The van der Waals surface area contributed by atoms with Gasteiger partial charge in [-0.05, 0) is 55.8 Å². The third kappa shape index (κ3) is 5.84. The van der Waals surface area contributed by atoms with Crippen molar-refractivity contribution >= 4 is 61.6 Å². The molecule has 1 heterocycles. The second kappa shape index (κ2) is 10.5. The summed E-state index contributed by atoms with van der Waals surface area (Å²) in [4.78, 5) is 20.5. The van der Waals surface area contributed by atoms with Crippen LogP contribution in [0.3, 0.4) is 0 Å². The zero-order valence-electron chi connectivity index (χ0n) is 20.2. The van der Waals surface area contributed by atoms with Gasteiger partial charge in [0, 0.05) is 11.8 Å². The molecule has 0 saturated heterocycles. The molecule has 3 aromatic carbocycles. The number of primary amides is 1. The second-order valence-electron chi connectivity index (χ2n) is 8.23. The lowest BCUT2D eigenvalue weighted by Gasteiger charge is -2.17. The highest BCUT2D eigenvalue weighted by molar-refractivity contribution is 7.92. The van der Waals surface area contributed by atoms with Crippen LogP contribution in [-0.2, 0) is 14.8 Å². The van der Waals surface area contributed by atoms with E-state index in [2.05, 4.69) is 25.3 Å². The molecule has 0 aliphatic heterocycles. The smallest absolute Gasteiger partial charge is 0.263 e. The van der Waals surface area contributed by atoms with Gasteiger partial charge in [0.15, 0.2) is 11.6 Å². The van der Waals surface area contributed by atoms with Crippen LogP contribution in [0.2, 0.25) is 5.02 Å². The van der Waals surface area contributed by atoms with Gasteiger partial charge in [-0.15, -0.1) is 0 Å². The van der Waals surface area contributed by atoms with Crippen molar-refractivity contribution in [2.45, 2.75) is 24.8 Å². The number of rotatable bonds is 9. The van der Waals surface area contributed by atoms with Gasteiger partial charge in [0.2, 0.25) is 5.91 Å². The molecule has 0 radical (unpaired) electrons. The molecular formula is C25H25ClN6O4S. The first kappa shape index (κ1) is 26.0. The maximum Gasteiger partial charge on any atom is 0.263 e. The molecule has 37 heavy (non-hydrogen) atoms. The summed E-state index contributed by atoms with van der Waals surface area (Å²) in [6, 6.07) is 16.1. The number of methoxy groups -OCH3 is 1. The van der Waals surface area contributed by atoms with Gasteiger partial charge in [0.1, 0.15) is 11.8 Å². The number of hydrogen-bond donors (Lipinski definition) is 4. The molecule has 4 aromatic rings. The third-order valence-electron chi connectivity index (χ3n) is 5.52. The van der Waals surface area contributed by atoms with Gasteiger partial charge in [-0.1, -0.05) is 29.8 Å². The molecular weight excluding hydrogens is 516 g/mol. The Bertz CT molecular complexity index is 1600. The Morgan fingerprint density at radius 2 is 1.70 bits per heavy atom. The van der Waals surface area contributed by atoms with E-state index >= 15 is 0 Å². The summed E-state index contributed by atoms with van der Waals surface area (Å²) in [5, 5.41) is 6.34. The molecule has 0 bridgehead atoms. The number of nitrogens with zero attached hydrogens (tertiary/aromatic N) is 2. The summed E-state index contributed by atoms with van der Waals surface area (Å²) in [6.07, 6.45) is 0. The summed E-state index contributed by atoms with van der Waals surface area (Å²) in [5.74, 6) is 0.0990. The fourth-order valence-electron chi connectivity index (χ4n) is 3.50. The number of carbonyl (C=O) groups excluding carboxylic acids is 1. The molecule has 1 atom stereocenters. The zero-order chi connectivity index (χ0) is 26.7. The number of hydrogen-bond acceptors (Lipinski definition) is 8. The summed E-state index contributed by atoms with van der Waals surface area (Å²) in [6.45, 7) is 3.25. The summed E-state index contributed by atoms with van der Waals surface area (Å²) in [5.41, 5.74) is 7.73. The highest BCUT2D eigenvalue weighted by Gasteiger charge is 2.22. The number of carbonyl (C=O) groups is 1. The number of para-hydroxylation sites is 2. The maximum atomic E-state index is 13.5. The van der Waals surface area contributed by atoms with E-state index in [1.54, 1.807) is 68.4 Å². The van der Waals surface area contributed by atoms with E-state index in [0.717, 1.165) is 0 Å². The van der Waals surface area contributed by atoms with E-state index in [4.69, 9.17) is 22.1 Å². The van der Waals surface area contributed by atoms with Crippen LogP contribution in [0.15, 0.2) is 65.6 Å². The first-order valence-electron chi connectivity index (χ1n) is 11.1. The highest BCUT2D eigenvalue weighted by atomic mass is 35.5. The number of aromatic nitrogens is 2. The Morgan fingerprint density at radius 3 is 2.35 bits per heavy atom. The number of aryl methyl sites for hydroxylation is 1. The van der Waals surface area contributed by atoms with E-state index in [1.807, 2.05) is 0 Å². The number of amides is 1. The van der Waals surface area contributed by atoms with E-state index in [-0.39, 0.29) is 16.5 Å². The summed E-state index contributed by atoms with van der Waals surface area (Å²) >= 11 is 6.36. The van der Waals surface area contributed by atoms with Gasteiger partial charge < -0.3 is 21.1 Å². The molecule has 10 nitrogen and oxygen atoms in total. The van der Waals surface area contributed by atoms with Crippen molar-refractivity contribution in [1.82, 2.24) is 9.97 Å². The Morgan fingerprint density at radius 1 is 1.03 bits per heavy atom. The van der Waals surface area contributed by atoms with Crippen LogP contribution < -0.4 is 25.8 Å². The van der Waals surface area contributed by atoms with Crippen LogP contribution in [0.25, 0.3) is 11.0 Å². The molecule has 0 aliphatic carbocycles. The van der Waals surface area contributed by atoms with Crippen LogP contribution in [0.5, 0.6) is 5.75 Å². The van der Waals surface area contributed by atoms with Gasteiger partial charge in [0.25, 0.3) is 10.0 Å². The van der Waals surface area contributed by atoms with E-state index in [0.29, 0.717) is 38.7 Å². The molecule has 0 fully saturated rings. The molecule has 1 aromatic heterocycles. The van der Waals surface area contributed by atoms with E-state index in [9.17, 15) is 13.2 Å². The van der Waals surface area contributed by atoms with Crippen molar-refractivity contribution in [2.75, 3.05) is 22.5 Å². The van der Waals surface area contributed by atoms with Crippen molar-refractivity contribution in [2.24, 2.45) is 5.73 Å². The normalized spacial score (nSPS) is 12.1. The Balaban J connectivity index is 1.76. The fourth-order valence-corrected chi connectivity index (χ4v) is 4.94. The Labute approximate surface area is 219 Å². The Kier molecular flexibility index (Phi) is 7.37. The minimum atomic E-state index is -4.14. The van der Waals surface area contributed by atoms with Crippen molar-refractivity contribution in [3.8, 4) is 5.75 Å². The van der Waals surface area contributed by atoms with Gasteiger partial charge in [-0.25, -0.2) is 18.4 Å². The van der Waals surface area contributed by atoms with Crippen molar-refractivity contribution in [1.29, 1.82) is 0 Å². The number of nitrogens with one attached hydrogen (secondary N) is 3. The monoisotopic (exact) mass is 540 g/mol. The molecule has 1 amide bonds. The number of fused-ring (bicyclic) bond motifs is 1. The van der Waals surface area contributed by atoms with Crippen molar-refractivity contribution < 1.29 is 17.9 Å². The van der Waals surface area contributed by atoms with Crippen LogP contribution in [0.4, 0.5) is 23.0 Å². The number of nitrogens with two attached hydrogens (primary N) is 1. The molecule has 12 heteroatoms. The SMILES string of the molecule is COc1ccc(Cl)c(Nc2nc3ccccc3nc2NS(=O)(=O)c2cc(N[C@H](C)C(N)=O)ccc2C)c1. The number of benzene rings is 3. The molecule has 192 valence electrons. The average molecular weight is 541 g/mol. The van der Waals surface area contributed by atoms with Crippen LogP contribution >= 0.6 is 11.6 Å². The molecule has 0 aliphatic rings. The standard InChI is InChI=1S/C25H25ClN6O4S/c1-14-8-9-16(28-15(2)23(27)33)12-22(14)37(34,35)32-25-24(29-19-6-4-5-7-20(19)30-25)31-21-13-17(36-3)10-11-18(21)26/h4-13,15,28H,1-3H3,(H2,27,33)(H,29,31)(H,30,32)/t15-/m1/s1. The predicted octanol–water partition coefficient (Wildman–Crippen LogP) is 4.43. The molecule has 4 rings (SSSR count). The van der Waals surface area contributed by atoms with Gasteiger partial charge in [-0.2, -0.15) is 0 Å². The van der Waals surface area contributed by atoms with Gasteiger partial charge in [0.05, 0.1) is 33.7 Å². The molecule has 0 unspecified atom stereocenters. The third-order valence-corrected chi connectivity index (χ3v) is 7.33. The van der Waals surface area contributed by atoms with Gasteiger partial charge >= 0.3 is 0 Å². The number of sulfonamides is 1. The van der Waals surface area contributed by atoms with Crippen LogP contribution in [0, 0.1) is 6.92 Å². The number of ether oxygens (including phenoxy) is 1. The van der Waals surface area contributed by atoms with Gasteiger partial charge in [-0.3, -0.25) is 9.52 Å². The average Bonchev–Trinajstić information content (AvgIpc) is 2.86. The number of halogens is 1. The topological polar surface area (TPSA) is 148 Å². The van der Waals surface area contributed by atoms with Crippen LogP contribution in [0.1, 0.15) is 12.5 Å². The minimum absolute atomic E-state index is 0.00510. The quantitative estimate of drug-likeness (QED) is 0.243. The maximum absolute atomic E-state index is 13.5. The van der Waals surface area contributed by atoms with E-state index in [1.165, 1.54) is 13.2 Å². The molecule has 0 spiro atoms. The van der Waals surface area contributed by atoms with Crippen LogP contribution in [-0.4, -0.2) is 37.4 Å².